The molecule has 0 aromatic rings. The molecule has 1 aliphatic rings. The smallest absolute Gasteiger partial charge is 0.152 e. The quantitative estimate of drug-likeness (QED) is 0.766. The Hall–Kier alpha value is 0.200. The normalized spacial score (nSPS) is 19.2. The van der Waals surface area contributed by atoms with E-state index >= 15 is 0 Å². The molecule has 0 aliphatic heterocycles. The van der Waals surface area contributed by atoms with E-state index in [1.807, 2.05) is 6.92 Å². The molecule has 0 atom stereocenters. The molecule has 0 aromatic carbocycles. The highest BCUT2D eigenvalue weighted by Gasteiger charge is 2.41. The number of unbranched alkanes of at least 4 members (excludes halogenated alkanes) is 1. The first-order valence-electron chi connectivity index (χ1n) is 4.47. The number of hydrogen-bond acceptors (Lipinski definition) is 3. The summed E-state index contributed by atoms with van der Waals surface area (Å²) in [7, 11) is -2.86. The topological polar surface area (TPSA) is 60.2 Å². The van der Waals surface area contributed by atoms with E-state index in [0.29, 0.717) is 5.75 Å². The second-order valence-corrected chi connectivity index (χ2v) is 5.99. The lowest BCUT2D eigenvalue weighted by Crippen LogP contribution is -2.32. The van der Waals surface area contributed by atoms with Crippen LogP contribution in [0, 0.1) is 0 Å². The molecule has 1 fully saturated rings. The van der Waals surface area contributed by atoms with Gasteiger partial charge in [0.15, 0.2) is 9.84 Å². The van der Waals surface area contributed by atoms with Crippen molar-refractivity contribution in [3.8, 4) is 0 Å². The van der Waals surface area contributed by atoms with Crippen LogP contribution in [0.25, 0.3) is 0 Å². The molecule has 1 saturated carbocycles. The van der Waals surface area contributed by atoms with Crippen LogP contribution in [-0.2, 0) is 9.84 Å². The number of rotatable bonds is 5. The Morgan fingerprint density at radius 3 is 2.31 bits per heavy atom. The highest BCUT2D eigenvalue weighted by atomic mass is 35.5. The maximum atomic E-state index is 11.4. The van der Waals surface area contributed by atoms with E-state index < -0.39 is 9.84 Å². The SMILES string of the molecule is CCCCS(=O)(=O)CC1(N)CC1.Cl. The lowest BCUT2D eigenvalue weighted by Gasteiger charge is -2.08. The monoisotopic (exact) mass is 227 g/mol. The maximum Gasteiger partial charge on any atom is 0.152 e. The summed E-state index contributed by atoms with van der Waals surface area (Å²) in [5.41, 5.74) is 5.37. The third-order valence-electron chi connectivity index (χ3n) is 2.21. The summed E-state index contributed by atoms with van der Waals surface area (Å²) in [5.74, 6) is 0.502. The third kappa shape index (κ3) is 4.84. The highest BCUT2D eigenvalue weighted by Crippen LogP contribution is 2.33. The fourth-order valence-corrected chi connectivity index (χ4v) is 3.22. The molecule has 0 spiro atoms. The summed E-state index contributed by atoms with van der Waals surface area (Å²) in [5, 5.41) is 0. The van der Waals surface area contributed by atoms with Gasteiger partial charge in [-0.05, 0) is 19.3 Å². The molecule has 1 rings (SSSR count). The molecule has 0 amide bonds. The first kappa shape index (κ1) is 13.2. The van der Waals surface area contributed by atoms with Crippen molar-refractivity contribution in [1.82, 2.24) is 0 Å². The fraction of sp³-hybridized carbons (Fsp3) is 1.00. The van der Waals surface area contributed by atoms with Gasteiger partial charge in [0.05, 0.1) is 11.5 Å². The second kappa shape index (κ2) is 4.62. The zero-order valence-corrected chi connectivity index (χ0v) is 9.59. The molecule has 1 aliphatic carbocycles. The Kier molecular flexibility index (Phi) is 4.69. The van der Waals surface area contributed by atoms with Crippen LogP contribution >= 0.6 is 12.4 Å². The summed E-state index contributed by atoms with van der Waals surface area (Å²) < 4.78 is 22.7. The molecule has 0 bridgehead atoms. The van der Waals surface area contributed by atoms with Gasteiger partial charge in [0.25, 0.3) is 0 Å². The van der Waals surface area contributed by atoms with Crippen LogP contribution in [0.2, 0.25) is 0 Å². The van der Waals surface area contributed by atoms with Crippen molar-refractivity contribution in [2.24, 2.45) is 5.73 Å². The molecule has 0 heterocycles. The summed E-state index contributed by atoms with van der Waals surface area (Å²) >= 11 is 0. The minimum absolute atomic E-state index is 0. The van der Waals surface area contributed by atoms with Crippen molar-refractivity contribution in [2.75, 3.05) is 11.5 Å². The Balaban J connectivity index is 0.00000144. The molecule has 3 nitrogen and oxygen atoms in total. The van der Waals surface area contributed by atoms with Crippen LogP contribution in [-0.4, -0.2) is 25.5 Å². The number of hydrogen-bond donors (Lipinski definition) is 1. The molecule has 0 unspecified atom stereocenters. The molecule has 80 valence electrons. The van der Waals surface area contributed by atoms with E-state index in [0.717, 1.165) is 25.7 Å². The molecule has 13 heavy (non-hydrogen) atoms. The molecular weight excluding hydrogens is 210 g/mol. The van der Waals surface area contributed by atoms with Crippen LogP contribution in [0.15, 0.2) is 0 Å². The third-order valence-corrected chi connectivity index (χ3v) is 4.13. The zero-order chi connectivity index (χ0) is 9.24. The van der Waals surface area contributed by atoms with Gasteiger partial charge < -0.3 is 5.73 Å². The van der Waals surface area contributed by atoms with Gasteiger partial charge in [0.1, 0.15) is 0 Å². The van der Waals surface area contributed by atoms with Gasteiger partial charge in [0.2, 0.25) is 0 Å². The van der Waals surface area contributed by atoms with Crippen LogP contribution < -0.4 is 5.73 Å². The summed E-state index contributed by atoms with van der Waals surface area (Å²) in [6.07, 6.45) is 3.44. The number of sulfone groups is 1. The number of halogens is 1. The first-order valence-corrected chi connectivity index (χ1v) is 6.29. The van der Waals surface area contributed by atoms with Crippen molar-refractivity contribution in [3.05, 3.63) is 0 Å². The Morgan fingerprint density at radius 1 is 1.38 bits per heavy atom. The van der Waals surface area contributed by atoms with Gasteiger partial charge in [-0.25, -0.2) is 8.42 Å². The largest absolute Gasteiger partial charge is 0.324 e. The van der Waals surface area contributed by atoms with Gasteiger partial charge in [-0.1, -0.05) is 13.3 Å². The van der Waals surface area contributed by atoms with E-state index in [-0.39, 0.29) is 23.7 Å². The fourth-order valence-electron chi connectivity index (χ4n) is 1.18. The van der Waals surface area contributed by atoms with Gasteiger partial charge in [-0.15, -0.1) is 12.4 Å². The van der Waals surface area contributed by atoms with Crippen LogP contribution in [0.1, 0.15) is 32.6 Å². The molecule has 0 aromatic heterocycles. The second-order valence-electron chi connectivity index (χ2n) is 3.81. The average Bonchev–Trinajstić information content (AvgIpc) is 2.62. The van der Waals surface area contributed by atoms with E-state index in [4.69, 9.17) is 5.73 Å². The minimum Gasteiger partial charge on any atom is -0.324 e. The highest BCUT2D eigenvalue weighted by molar-refractivity contribution is 7.91. The van der Waals surface area contributed by atoms with E-state index in [1.165, 1.54) is 0 Å². The van der Waals surface area contributed by atoms with E-state index in [9.17, 15) is 8.42 Å². The molecule has 5 heteroatoms. The standard InChI is InChI=1S/C8H17NO2S.ClH/c1-2-3-6-12(10,11)7-8(9)4-5-8;/h2-7,9H2,1H3;1H. The van der Waals surface area contributed by atoms with Crippen molar-refractivity contribution in [1.29, 1.82) is 0 Å². The molecule has 2 N–H and O–H groups in total. The van der Waals surface area contributed by atoms with Crippen LogP contribution in [0.4, 0.5) is 0 Å². The first-order chi connectivity index (χ1) is 5.47. The average molecular weight is 228 g/mol. The maximum absolute atomic E-state index is 11.4. The van der Waals surface area contributed by atoms with E-state index in [2.05, 4.69) is 0 Å². The van der Waals surface area contributed by atoms with Crippen molar-refractivity contribution in [3.63, 3.8) is 0 Å². The van der Waals surface area contributed by atoms with Gasteiger partial charge in [-0.3, -0.25) is 0 Å². The summed E-state index contributed by atoms with van der Waals surface area (Å²) in [6.45, 7) is 1.99. The van der Waals surface area contributed by atoms with Gasteiger partial charge >= 0.3 is 0 Å². The Morgan fingerprint density at radius 2 is 1.92 bits per heavy atom. The molecular formula is C8H18ClNO2S. The predicted octanol–water partition coefficient (Wildman–Crippen LogP) is 1.11. The van der Waals surface area contributed by atoms with Crippen LogP contribution in [0.5, 0.6) is 0 Å². The Labute approximate surface area is 86.4 Å². The summed E-state index contributed by atoms with van der Waals surface area (Å²) in [4.78, 5) is 0. The van der Waals surface area contributed by atoms with Crippen molar-refractivity contribution < 1.29 is 8.42 Å². The predicted molar refractivity (Wildman–Crippen MR) is 57.0 cm³/mol. The van der Waals surface area contributed by atoms with Crippen molar-refractivity contribution >= 4 is 22.2 Å². The van der Waals surface area contributed by atoms with Gasteiger partial charge in [0, 0.05) is 5.54 Å². The van der Waals surface area contributed by atoms with Gasteiger partial charge in [-0.2, -0.15) is 0 Å². The lowest BCUT2D eigenvalue weighted by atomic mass is 10.4. The van der Waals surface area contributed by atoms with Crippen LogP contribution in [0.3, 0.4) is 0 Å². The lowest BCUT2D eigenvalue weighted by molar-refractivity contribution is 0.582. The minimum atomic E-state index is -2.86. The number of nitrogens with two attached hydrogens (primary N) is 1. The molecule has 0 radical (unpaired) electrons. The molecule has 0 saturated heterocycles. The Bertz CT molecular complexity index is 247. The van der Waals surface area contributed by atoms with E-state index in [1.54, 1.807) is 0 Å². The van der Waals surface area contributed by atoms with Crippen molar-refractivity contribution in [2.45, 2.75) is 38.1 Å². The summed E-state index contributed by atoms with van der Waals surface area (Å²) in [6, 6.07) is 0. The zero-order valence-electron chi connectivity index (χ0n) is 7.95.